The summed E-state index contributed by atoms with van der Waals surface area (Å²) in [6, 6.07) is 95.3. The molecule has 20 aromatic rings. The fourth-order valence-corrected chi connectivity index (χ4v) is 28.0. The van der Waals surface area contributed by atoms with Crippen molar-refractivity contribution in [1.29, 1.82) is 0 Å². The molecule has 12 heteroatoms. The molecule has 0 amide bonds. The Morgan fingerprint density at radius 3 is 1.05 bits per heavy atom. The monoisotopic (exact) mass is 1790 g/mol. The smallest absolute Gasteiger partial charge is 0.141 e. The number of pyridine rings is 8. The molecule has 0 bridgehead atoms. The van der Waals surface area contributed by atoms with Crippen LogP contribution < -0.4 is 19.6 Å². The van der Waals surface area contributed by atoms with Crippen molar-refractivity contribution in [3.63, 3.8) is 0 Å². The summed E-state index contributed by atoms with van der Waals surface area (Å²) < 4.78 is 0. The number of hydrogen-bond donors (Lipinski definition) is 0. The van der Waals surface area contributed by atoms with Crippen LogP contribution in [0.2, 0.25) is 0 Å². The van der Waals surface area contributed by atoms with Gasteiger partial charge in [0.05, 0.1) is 97.2 Å². The first-order valence-electron chi connectivity index (χ1n) is 49.7. The van der Waals surface area contributed by atoms with Gasteiger partial charge in [0, 0.05) is 107 Å². The van der Waals surface area contributed by atoms with Crippen molar-refractivity contribution in [3.05, 3.63) is 495 Å². The molecule has 140 heavy (non-hydrogen) atoms. The average Bonchev–Trinajstić information content (AvgIpc) is 1.46. The third-order valence-electron chi connectivity index (χ3n) is 33.9. The predicted molar refractivity (Wildman–Crippen MR) is 555 cm³/mol. The van der Waals surface area contributed by atoms with Crippen molar-refractivity contribution >= 4 is 68.4 Å². The van der Waals surface area contributed by atoms with Crippen molar-refractivity contribution in [2.24, 2.45) is 0 Å². The zero-order valence-corrected chi connectivity index (χ0v) is 76.7. The molecule has 0 radical (unpaired) electrons. The van der Waals surface area contributed by atoms with Gasteiger partial charge in [0.1, 0.15) is 5.82 Å². The maximum absolute atomic E-state index is 4.89. The van der Waals surface area contributed by atoms with E-state index in [2.05, 4.69) is 278 Å². The Bertz CT molecular complexity index is 8610. The quantitative estimate of drug-likeness (QED) is 0.144. The van der Waals surface area contributed by atoms with Crippen LogP contribution in [0.5, 0.6) is 0 Å². The number of rotatable bonds is 0. The van der Waals surface area contributed by atoms with E-state index >= 15 is 0 Å². The molecule has 16 aliphatic rings. The maximum atomic E-state index is 4.89. The van der Waals surface area contributed by atoms with Crippen molar-refractivity contribution in [2.75, 3.05) is 19.6 Å². The molecule has 0 saturated heterocycles. The standard InChI is InChI=1S/4C32H21N3/c1-2-6-23-18(4-1)12-21-14-22-15-27-24(26(22)16-25(21)23)7-8-30-28(27)17-29-31-19(9-11-33-29)13-20-5-3-10-34-32(20)35(30)31;1-2-5-21-18(4-1)14-19-7-8-23-22-9-10-29-25(24(22)16-26(23)31(19)21)17-28-32-20(11-13-34-28)15-27-30(35(29)32)6-3-12-33-27;1-2-4-23-18(3-1)11-21-13-22-14-27-24(26(22)15-25(21)23)5-6-30-28(27)16-29-32-20(8-10-34-29)12-19-7-9-33-17-31(19)35(30)32;1-2-4-22-18(3-1)13-19-5-6-24-23-7-8-30-26(25(23)15-27(24)31(19)22)16-28-32-20(9-12-34-28)14-21-17-33-11-10-29(21)35(30)32/h1-11,14,16H,12-13,15,17H2;1-13H,14-17H2;1-10,13,15,17H,11-12,14,16H2;1-12,17H,13-16H2. The van der Waals surface area contributed by atoms with Crippen LogP contribution in [-0.4, -0.2) is 39.9 Å². The Hall–Kier alpha value is -17.0. The maximum Gasteiger partial charge on any atom is 0.141 e. The van der Waals surface area contributed by atoms with Gasteiger partial charge >= 0.3 is 0 Å². The normalized spacial score (nSPS) is 14.9. The first-order valence-corrected chi connectivity index (χ1v) is 49.7. The lowest BCUT2D eigenvalue weighted by atomic mass is 9.87. The van der Waals surface area contributed by atoms with Crippen LogP contribution >= 0.6 is 0 Å². The van der Waals surface area contributed by atoms with Crippen LogP contribution in [0.25, 0.3) is 89.0 Å². The summed E-state index contributed by atoms with van der Waals surface area (Å²) in [6.07, 6.45) is 35.0. The average molecular weight is 1790 g/mol. The van der Waals surface area contributed by atoms with Gasteiger partial charge < -0.3 is 14.7 Å². The Morgan fingerprint density at radius 1 is 0.157 bits per heavy atom. The van der Waals surface area contributed by atoms with Gasteiger partial charge in [0.2, 0.25) is 0 Å². The highest BCUT2D eigenvalue weighted by Crippen LogP contribution is 2.62. The van der Waals surface area contributed by atoms with Gasteiger partial charge in [-0.2, -0.15) is 0 Å². The summed E-state index contributed by atoms with van der Waals surface area (Å²) in [4.78, 5) is 47.7. The third kappa shape index (κ3) is 10.6. The van der Waals surface area contributed by atoms with Gasteiger partial charge in [-0.3, -0.25) is 39.8 Å². The Morgan fingerprint density at radius 2 is 0.514 bits per heavy atom. The highest BCUT2D eigenvalue weighted by molar-refractivity contribution is 6.01. The molecule has 656 valence electrons. The van der Waals surface area contributed by atoms with Gasteiger partial charge in [-0.25, -0.2) is 4.98 Å². The molecule has 0 spiro atoms. The summed E-state index contributed by atoms with van der Waals surface area (Å²) in [5.41, 5.74) is 80.9. The minimum Gasteiger partial charge on any atom is -0.308 e. The number of hydrogen-bond acceptors (Lipinski definition) is 12. The third-order valence-corrected chi connectivity index (χ3v) is 33.9. The lowest BCUT2D eigenvalue weighted by Gasteiger charge is -2.39. The van der Waals surface area contributed by atoms with E-state index in [9.17, 15) is 0 Å². The van der Waals surface area contributed by atoms with E-state index in [0.29, 0.717) is 0 Å². The van der Waals surface area contributed by atoms with E-state index < -0.39 is 0 Å². The van der Waals surface area contributed by atoms with E-state index in [-0.39, 0.29) is 0 Å². The second-order valence-electron chi connectivity index (χ2n) is 40.8. The largest absolute Gasteiger partial charge is 0.308 e. The number of anilines is 12. The van der Waals surface area contributed by atoms with E-state index in [1.807, 2.05) is 68.0 Å². The molecule has 12 nitrogen and oxygen atoms in total. The highest BCUT2D eigenvalue weighted by atomic mass is 15.2. The number of aromatic nitrogens is 8. The van der Waals surface area contributed by atoms with Crippen molar-refractivity contribution < 1.29 is 0 Å². The van der Waals surface area contributed by atoms with Gasteiger partial charge in [-0.15, -0.1) is 0 Å². The Balaban J connectivity index is 0.0000000829. The van der Waals surface area contributed by atoms with E-state index in [1.54, 1.807) is 0 Å². The molecule has 12 aromatic carbocycles. The molecule has 0 atom stereocenters. The van der Waals surface area contributed by atoms with Gasteiger partial charge in [0.25, 0.3) is 0 Å². The van der Waals surface area contributed by atoms with Crippen LogP contribution in [0.4, 0.5) is 68.4 Å². The first-order chi connectivity index (χ1) is 69.4. The van der Waals surface area contributed by atoms with E-state index in [0.717, 1.165) is 114 Å². The minimum absolute atomic E-state index is 0.870. The fourth-order valence-electron chi connectivity index (χ4n) is 28.0. The molecule has 16 heterocycles. The molecule has 8 aliphatic carbocycles. The van der Waals surface area contributed by atoms with Crippen LogP contribution in [0.15, 0.2) is 317 Å². The minimum atomic E-state index is 0.870. The lowest BCUT2D eigenvalue weighted by Crippen LogP contribution is -2.26. The molecule has 36 rings (SSSR count). The Kier molecular flexibility index (Phi) is 15.4. The van der Waals surface area contributed by atoms with Gasteiger partial charge in [0.15, 0.2) is 0 Å². The molecule has 8 aromatic heterocycles. The van der Waals surface area contributed by atoms with Crippen LogP contribution in [0.3, 0.4) is 0 Å². The number of benzene rings is 12. The SMILES string of the molecule is c1ccc2c(c1)Cc1cc3c(cc1-2)-c1ccc2c(c1C3)Cc1nccc3c1N2c1cnccc1C3.c1ccc2c(c1)Cc1cc3c(cc1-2)-c1ccc2c(c1C3)Cc1nccc3c1N2c1ncccc1C3.c1ccc2c(c1)Cc1ccc3c(c1-2)Cc1c-3ccc2c1Cc1nccc3c1N2c1cccnc1C3.c1ccc2c(c1)Cc1ccc3c(c1-2)Cc1c-3ccc2c1Cc1nccc3c1N2c1ccncc1C3. The predicted octanol–water partition coefficient (Wildman–Crippen LogP) is 27.6. The zero-order valence-electron chi connectivity index (χ0n) is 76.7. The fraction of sp³-hybridized carbons (Fsp3) is 0.125. The van der Waals surface area contributed by atoms with Gasteiger partial charge in [-0.05, 0) is 382 Å². The van der Waals surface area contributed by atoms with Crippen molar-refractivity contribution in [3.8, 4) is 89.0 Å². The van der Waals surface area contributed by atoms with E-state index in [4.69, 9.17) is 29.9 Å². The summed E-state index contributed by atoms with van der Waals surface area (Å²) in [5.74, 6) is 1.06. The second-order valence-corrected chi connectivity index (χ2v) is 40.8. The summed E-state index contributed by atoms with van der Waals surface area (Å²) >= 11 is 0. The number of fused-ring (bicyclic) bond motifs is 46. The van der Waals surface area contributed by atoms with Crippen molar-refractivity contribution in [1.82, 2.24) is 39.9 Å². The second kappa shape index (κ2) is 28.4. The molecule has 8 aliphatic heterocycles. The van der Waals surface area contributed by atoms with Crippen molar-refractivity contribution in [2.45, 2.75) is 103 Å². The number of nitrogens with zero attached hydrogens (tertiary/aromatic N) is 12. The van der Waals surface area contributed by atoms with E-state index in [1.165, 1.54) is 325 Å². The molecular weight excluding hydrogens is 1710 g/mol. The topological polar surface area (TPSA) is 116 Å². The van der Waals surface area contributed by atoms with Crippen LogP contribution in [0.1, 0.15) is 179 Å². The van der Waals surface area contributed by atoms with Gasteiger partial charge in [-0.1, -0.05) is 164 Å². The zero-order chi connectivity index (χ0) is 90.7. The lowest BCUT2D eigenvalue weighted by molar-refractivity contribution is 0.928. The molecular formula is C128H84N12. The molecule has 0 fully saturated rings. The summed E-state index contributed by atoms with van der Waals surface area (Å²) in [6.45, 7) is 0. The molecule has 0 saturated carbocycles. The summed E-state index contributed by atoms with van der Waals surface area (Å²) in [5, 5.41) is 0. The summed E-state index contributed by atoms with van der Waals surface area (Å²) in [7, 11) is 0. The molecule has 0 unspecified atom stereocenters. The van der Waals surface area contributed by atoms with Crippen LogP contribution in [0, 0.1) is 0 Å². The molecule has 0 N–H and O–H groups in total. The Labute approximate surface area is 809 Å². The first kappa shape index (κ1) is 76.2. The van der Waals surface area contributed by atoms with Crippen LogP contribution in [-0.2, 0) is 103 Å². The highest BCUT2D eigenvalue weighted by Gasteiger charge is 2.44.